The molecule has 2 atom stereocenters. The smallest absolute Gasteiger partial charge is 0.240 e. The third-order valence-corrected chi connectivity index (χ3v) is 4.85. The summed E-state index contributed by atoms with van der Waals surface area (Å²) in [7, 11) is 1.84. The molecule has 0 radical (unpaired) electrons. The molecule has 2 saturated heterocycles. The molecule has 1 aromatic rings. The molecule has 0 saturated carbocycles. The zero-order chi connectivity index (χ0) is 16.8. The molecule has 5 nitrogen and oxygen atoms in total. The molecule has 0 bridgehead atoms. The van der Waals surface area contributed by atoms with Crippen molar-refractivity contribution in [3.8, 4) is 0 Å². The molecule has 2 aliphatic rings. The first-order valence-corrected chi connectivity index (χ1v) is 8.99. The number of para-hydroxylation sites is 1. The molecule has 0 aromatic heterocycles. The van der Waals surface area contributed by atoms with Crippen molar-refractivity contribution in [1.82, 2.24) is 4.90 Å². The zero-order valence-corrected chi connectivity index (χ0v) is 14.5. The topological polar surface area (TPSA) is 42.0 Å². The minimum Gasteiger partial charge on any atom is -0.377 e. The summed E-state index contributed by atoms with van der Waals surface area (Å²) in [5.41, 5.74) is 0.927. The number of benzene rings is 1. The van der Waals surface area contributed by atoms with Gasteiger partial charge in [0.15, 0.2) is 0 Å². The maximum absolute atomic E-state index is 12.7. The predicted octanol–water partition coefficient (Wildman–Crippen LogP) is 2.31. The molecular formula is C19H28N2O3. The molecule has 0 unspecified atom stereocenters. The van der Waals surface area contributed by atoms with E-state index in [-0.39, 0.29) is 18.1 Å². The van der Waals surface area contributed by atoms with Crippen LogP contribution in [0, 0.1) is 0 Å². The Morgan fingerprint density at radius 1 is 1.04 bits per heavy atom. The van der Waals surface area contributed by atoms with Crippen LogP contribution in [0.3, 0.4) is 0 Å². The van der Waals surface area contributed by atoms with Crippen LogP contribution in [-0.4, -0.2) is 62.9 Å². The first-order valence-electron chi connectivity index (χ1n) is 8.99. The van der Waals surface area contributed by atoms with Gasteiger partial charge in [0, 0.05) is 39.0 Å². The first kappa shape index (κ1) is 17.4. The van der Waals surface area contributed by atoms with E-state index in [2.05, 4.69) is 4.90 Å². The van der Waals surface area contributed by atoms with Gasteiger partial charge in [0.2, 0.25) is 5.91 Å². The number of likely N-dealkylation sites (N-methyl/N-ethyl adjacent to an activating group) is 1. The fourth-order valence-electron chi connectivity index (χ4n) is 3.45. The molecule has 5 heteroatoms. The molecule has 2 heterocycles. The summed E-state index contributed by atoms with van der Waals surface area (Å²) >= 11 is 0. The van der Waals surface area contributed by atoms with Crippen molar-refractivity contribution in [2.45, 2.75) is 37.9 Å². The fraction of sp³-hybridized carbons (Fsp3) is 0.632. The van der Waals surface area contributed by atoms with E-state index < -0.39 is 0 Å². The maximum atomic E-state index is 12.7. The molecule has 0 spiro atoms. The van der Waals surface area contributed by atoms with Crippen LogP contribution in [0.25, 0.3) is 0 Å². The Morgan fingerprint density at radius 2 is 1.62 bits per heavy atom. The third-order valence-electron chi connectivity index (χ3n) is 4.85. The van der Waals surface area contributed by atoms with E-state index in [0.29, 0.717) is 6.54 Å². The van der Waals surface area contributed by atoms with Gasteiger partial charge in [-0.3, -0.25) is 9.69 Å². The van der Waals surface area contributed by atoms with Crippen molar-refractivity contribution in [3.63, 3.8) is 0 Å². The number of rotatable bonds is 7. The minimum absolute atomic E-state index is 0.109. The van der Waals surface area contributed by atoms with Gasteiger partial charge in [-0.2, -0.15) is 0 Å². The molecule has 2 aliphatic heterocycles. The van der Waals surface area contributed by atoms with Crippen molar-refractivity contribution in [2.24, 2.45) is 0 Å². The van der Waals surface area contributed by atoms with Crippen molar-refractivity contribution < 1.29 is 14.3 Å². The molecule has 24 heavy (non-hydrogen) atoms. The number of hydrogen-bond acceptors (Lipinski definition) is 4. The monoisotopic (exact) mass is 332 g/mol. The van der Waals surface area contributed by atoms with E-state index >= 15 is 0 Å². The average Bonchev–Trinajstić information content (AvgIpc) is 3.29. The van der Waals surface area contributed by atoms with Gasteiger partial charge in [-0.05, 0) is 37.8 Å². The second-order valence-electron chi connectivity index (χ2n) is 6.75. The summed E-state index contributed by atoms with van der Waals surface area (Å²) < 4.78 is 11.5. The average molecular weight is 332 g/mol. The zero-order valence-electron chi connectivity index (χ0n) is 14.5. The van der Waals surface area contributed by atoms with Crippen LogP contribution in [0.2, 0.25) is 0 Å². The quantitative estimate of drug-likeness (QED) is 0.768. The van der Waals surface area contributed by atoms with Gasteiger partial charge in [0.25, 0.3) is 0 Å². The lowest BCUT2D eigenvalue weighted by Gasteiger charge is -2.29. The lowest BCUT2D eigenvalue weighted by atomic mass is 10.2. The first-order chi connectivity index (χ1) is 11.7. The van der Waals surface area contributed by atoms with Crippen LogP contribution in [0.15, 0.2) is 30.3 Å². The van der Waals surface area contributed by atoms with Crippen LogP contribution in [0.5, 0.6) is 0 Å². The number of nitrogens with zero attached hydrogens (tertiary/aromatic N) is 2. The van der Waals surface area contributed by atoms with Gasteiger partial charge in [0.05, 0.1) is 18.8 Å². The summed E-state index contributed by atoms with van der Waals surface area (Å²) in [4.78, 5) is 16.7. The SMILES string of the molecule is CN(C(=O)CN(C[C@H]1CCCO1)C[C@H]1CCCO1)c1ccccc1. The van der Waals surface area contributed by atoms with E-state index in [1.807, 2.05) is 37.4 Å². The maximum Gasteiger partial charge on any atom is 0.240 e. The minimum atomic E-state index is 0.109. The highest BCUT2D eigenvalue weighted by atomic mass is 16.5. The lowest BCUT2D eigenvalue weighted by molar-refractivity contribution is -0.120. The van der Waals surface area contributed by atoms with Crippen molar-refractivity contribution in [1.29, 1.82) is 0 Å². The van der Waals surface area contributed by atoms with E-state index in [1.165, 1.54) is 0 Å². The summed E-state index contributed by atoms with van der Waals surface area (Å²) in [5, 5.41) is 0. The summed E-state index contributed by atoms with van der Waals surface area (Å²) in [6.45, 7) is 3.72. The normalized spacial score (nSPS) is 23.8. The number of carbonyl (C=O) groups excluding carboxylic acids is 1. The number of ether oxygens (including phenoxy) is 2. The number of carbonyl (C=O) groups is 1. The Morgan fingerprint density at radius 3 is 2.12 bits per heavy atom. The Labute approximate surface area is 144 Å². The van der Waals surface area contributed by atoms with Gasteiger partial charge in [-0.25, -0.2) is 0 Å². The van der Waals surface area contributed by atoms with E-state index in [4.69, 9.17) is 9.47 Å². The second-order valence-corrected chi connectivity index (χ2v) is 6.75. The molecule has 2 fully saturated rings. The van der Waals surface area contributed by atoms with Crippen LogP contribution < -0.4 is 4.90 Å². The summed E-state index contributed by atoms with van der Waals surface area (Å²) in [5.74, 6) is 0.109. The van der Waals surface area contributed by atoms with Crippen LogP contribution in [0.1, 0.15) is 25.7 Å². The van der Waals surface area contributed by atoms with Crippen LogP contribution in [-0.2, 0) is 14.3 Å². The van der Waals surface area contributed by atoms with Crippen LogP contribution in [0.4, 0.5) is 5.69 Å². The van der Waals surface area contributed by atoms with Crippen molar-refractivity contribution >= 4 is 11.6 Å². The fourth-order valence-corrected chi connectivity index (χ4v) is 3.45. The summed E-state index contributed by atoms with van der Waals surface area (Å²) in [6.07, 6.45) is 4.92. The molecule has 1 aromatic carbocycles. The van der Waals surface area contributed by atoms with Crippen LogP contribution >= 0.6 is 0 Å². The number of amides is 1. The van der Waals surface area contributed by atoms with Crippen molar-refractivity contribution in [2.75, 3.05) is 44.8 Å². The van der Waals surface area contributed by atoms with Gasteiger partial charge in [0.1, 0.15) is 0 Å². The van der Waals surface area contributed by atoms with Gasteiger partial charge < -0.3 is 14.4 Å². The summed E-state index contributed by atoms with van der Waals surface area (Å²) in [6, 6.07) is 9.79. The highest BCUT2D eigenvalue weighted by molar-refractivity contribution is 5.94. The number of anilines is 1. The number of hydrogen-bond donors (Lipinski definition) is 0. The standard InChI is InChI=1S/C19H28N2O3/c1-20(16-7-3-2-4-8-16)19(22)15-21(13-17-9-5-11-23-17)14-18-10-6-12-24-18/h2-4,7-8,17-18H,5-6,9-15H2,1H3/t17-,18-/m1/s1. The Bertz CT molecular complexity index is 493. The Kier molecular flexibility index (Phi) is 6.24. The van der Waals surface area contributed by atoms with Gasteiger partial charge in [-0.1, -0.05) is 18.2 Å². The molecule has 1 amide bonds. The highest BCUT2D eigenvalue weighted by Crippen LogP contribution is 2.18. The Hall–Kier alpha value is -1.43. The lowest BCUT2D eigenvalue weighted by Crippen LogP contribution is -2.44. The molecule has 0 aliphatic carbocycles. The van der Waals surface area contributed by atoms with E-state index in [1.54, 1.807) is 4.90 Å². The Balaban J connectivity index is 1.59. The molecular weight excluding hydrogens is 304 g/mol. The second kappa shape index (κ2) is 8.60. The van der Waals surface area contributed by atoms with Crippen molar-refractivity contribution in [3.05, 3.63) is 30.3 Å². The molecule has 3 rings (SSSR count). The largest absolute Gasteiger partial charge is 0.377 e. The van der Waals surface area contributed by atoms with E-state index in [0.717, 1.165) is 57.7 Å². The van der Waals surface area contributed by atoms with Gasteiger partial charge in [-0.15, -0.1) is 0 Å². The predicted molar refractivity (Wildman–Crippen MR) is 94.2 cm³/mol. The third kappa shape index (κ3) is 4.79. The van der Waals surface area contributed by atoms with Gasteiger partial charge >= 0.3 is 0 Å². The highest BCUT2D eigenvalue weighted by Gasteiger charge is 2.26. The molecule has 132 valence electrons. The van der Waals surface area contributed by atoms with E-state index in [9.17, 15) is 4.79 Å². The molecule has 0 N–H and O–H groups in total.